The van der Waals surface area contributed by atoms with Crippen LogP contribution in [0.25, 0.3) is 21.9 Å². The molecule has 4 rings (SSSR count). The second-order valence-corrected chi connectivity index (χ2v) is 10.1. The van der Waals surface area contributed by atoms with Gasteiger partial charge in [0.1, 0.15) is 11.3 Å². The topological polar surface area (TPSA) is 75.5 Å². The smallest absolute Gasteiger partial charge is 0.307 e. The van der Waals surface area contributed by atoms with Crippen molar-refractivity contribution in [1.82, 2.24) is 4.98 Å². The molecule has 2 N–H and O–H groups in total. The molecule has 0 unspecified atom stereocenters. The van der Waals surface area contributed by atoms with E-state index in [0.29, 0.717) is 6.61 Å². The average Bonchev–Trinajstić information content (AvgIpc) is 3.31. The van der Waals surface area contributed by atoms with Crippen molar-refractivity contribution in [3.05, 3.63) is 65.0 Å². The van der Waals surface area contributed by atoms with Crippen molar-refractivity contribution >= 4 is 27.8 Å². The predicted molar refractivity (Wildman–Crippen MR) is 132 cm³/mol. The highest BCUT2D eigenvalue weighted by atomic mass is 16.5. The maximum atomic E-state index is 11.0. The molecule has 0 bridgehead atoms. The van der Waals surface area contributed by atoms with Crippen LogP contribution in [0, 0.1) is 5.41 Å². The van der Waals surface area contributed by atoms with Crippen LogP contribution in [0.4, 0.5) is 0 Å². The van der Waals surface area contributed by atoms with Crippen LogP contribution >= 0.6 is 0 Å². The molecule has 174 valence electrons. The number of hydrogen-bond acceptors (Lipinski definition) is 3. The number of aliphatic carboxylic acids is 1. The fraction of sp³-hybridized carbons (Fsp3) is 0.393. The molecule has 5 heteroatoms. The van der Waals surface area contributed by atoms with Crippen LogP contribution < -0.4 is 4.74 Å². The molecule has 0 fully saturated rings. The largest absolute Gasteiger partial charge is 0.493 e. The van der Waals surface area contributed by atoms with E-state index in [1.54, 1.807) is 0 Å². The maximum absolute atomic E-state index is 11.0. The number of nitrogens with one attached hydrogen (secondary N) is 1. The average molecular weight is 448 g/mol. The molecule has 33 heavy (non-hydrogen) atoms. The molecular formula is C28H33NO4. The van der Waals surface area contributed by atoms with Crippen LogP contribution in [-0.4, -0.2) is 22.7 Å². The summed E-state index contributed by atoms with van der Waals surface area (Å²) in [4.78, 5) is 14.4. The molecule has 0 amide bonds. The van der Waals surface area contributed by atoms with Crippen molar-refractivity contribution in [2.75, 3.05) is 6.61 Å². The van der Waals surface area contributed by atoms with E-state index in [0.717, 1.165) is 64.7 Å². The van der Waals surface area contributed by atoms with E-state index >= 15 is 0 Å². The Hall–Kier alpha value is -3.21. The summed E-state index contributed by atoms with van der Waals surface area (Å²) < 4.78 is 12.3. The first kappa shape index (κ1) is 23.0. The van der Waals surface area contributed by atoms with Crippen LogP contribution in [-0.2, 0) is 30.5 Å². The fourth-order valence-corrected chi connectivity index (χ4v) is 4.45. The van der Waals surface area contributed by atoms with Gasteiger partial charge in [-0.25, -0.2) is 0 Å². The lowest BCUT2D eigenvalue weighted by Gasteiger charge is -2.17. The number of benzene rings is 2. The van der Waals surface area contributed by atoms with Crippen molar-refractivity contribution in [2.24, 2.45) is 5.41 Å². The van der Waals surface area contributed by atoms with E-state index in [4.69, 9.17) is 14.3 Å². The first-order valence-electron chi connectivity index (χ1n) is 11.7. The summed E-state index contributed by atoms with van der Waals surface area (Å²) in [7, 11) is 0. The van der Waals surface area contributed by atoms with Crippen molar-refractivity contribution in [1.29, 1.82) is 0 Å². The Morgan fingerprint density at radius 1 is 1.12 bits per heavy atom. The van der Waals surface area contributed by atoms with Gasteiger partial charge in [0.2, 0.25) is 0 Å². The van der Waals surface area contributed by atoms with Gasteiger partial charge in [-0.05, 0) is 65.1 Å². The van der Waals surface area contributed by atoms with E-state index < -0.39 is 5.97 Å². The number of fused-ring (bicyclic) bond motifs is 2. The van der Waals surface area contributed by atoms with Crippen LogP contribution in [0.15, 0.2) is 47.1 Å². The molecule has 0 aliphatic heterocycles. The third kappa shape index (κ3) is 5.41. The number of carboxylic acids is 1. The molecule has 0 saturated heterocycles. The molecule has 0 atom stereocenters. The van der Waals surface area contributed by atoms with Gasteiger partial charge >= 0.3 is 5.97 Å². The molecule has 0 spiro atoms. The first-order chi connectivity index (χ1) is 15.7. The van der Waals surface area contributed by atoms with Crippen LogP contribution in [0.5, 0.6) is 5.75 Å². The van der Waals surface area contributed by atoms with Gasteiger partial charge in [-0.3, -0.25) is 4.79 Å². The number of carboxylic acid groups (broad SMARTS) is 1. The Kier molecular flexibility index (Phi) is 6.50. The van der Waals surface area contributed by atoms with Gasteiger partial charge in [-0.1, -0.05) is 40.2 Å². The Balaban J connectivity index is 1.49. The highest BCUT2D eigenvalue weighted by Gasteiger charge is 2.19. The van der Waals surface area contributed by atoms with Gasteiger partial charge in [0.05, 0.1) is 19.3 Å². The highest BCUT2D eigenvalue weighted by Crippen LogP contribution is 2.35. The van der Waals surface area contributed by atoms with E-state index in [2.05, 4.69) is 50.9 Å². The van der Waals surface area contributed by atoms with Gasteiger partial charge in [0.15, 0.2) is 0 Å². The maximum Gasteiger partial charge on any atom is 0.307 e. The Labute approximate surface area is 194 Å². The van der Waals surface area contributed by atoms with E-state index in [1.165, 1.54) is 10.9 Å². The summed E-state index contributed by atoms with van der Waals surface area (Å²) >= 11 is 0. The number of carbonyl (C=O) groups is 1. The Morgan fingerprint density at radius 3 is 2.67 bits per heavy atom. The highest BCUT2D eigenvalue weighted by molar-refractivity contribution is 5.86. The van der Waals surface area contributed by atoms with Gasteiger partial charge in [0.25, 0.3) is 0 Å². The Morgan fingerprint density at radius 2 is 1.94 bits per heavy atom. The Bertz CT molecular complexity index is 1270. The molecule has 2 aromatic heterocycles. The second kappa shape index (κ2) is 9.34. The molecule has 0 aliphatic rings. The summed E-state index contributed by atoms with van der Waals surface area (Å²) in [5, 5.41) is 11.2. The molecule has 2 heterocycles. The number of aromatic nitrogens is 1. The third-order valence-electron chi connectivity index (χ3n) is 5.83. The second-order valence-electron chi connectivity index (χ2n) is 10.1. The number of ether oxygens (including phenoxy) is 1. The summed E-state index contributed by atoms with van der Waals surface area (Å²) in [5.74, 6) is 0.0707. The molecule has 0 aliphatic carbocycles. The first-order valence-corrected chi connectivity index (χ1v) is 11.7. The van der Waals surface area contributed by atoms with Gasteiger partial charge in [-0.2, -0.15) is 0 Å². The minimum atomic E-state index is -0.819. The summed E-state index contributed by atoms with van der Waals surface area (Å²) in [6, 6.07) is 12.0. The van der Waals surface area contributed by atoms with Crippen LogP contribution in [0.3, 0.4) is 0 Å². The summed E-state index contributed by atoms with van der Waals surface area (Å²) in [6.07, 6.45) is 5.58. The zero-order chi connectivity index (χ0) is 23.6. The lowest BCUT2D eigenvalue weighted by Crippen LogP contribution is -2.08. The fourth-order valence-electron chi connectivity index (χ4n) is 4.45. The quantitative estimate of drug-likeness (QED) is 0.299. The zero-order valence-electron chi connectivity index (χ0n) is 20.0. The number of aryl methyl sites for hydroxylation is 1. The molecule has 2 aromatic carbocycles. The number of aromatic amines is 1. The van der Waals surface area contributed by atoms with Gasteiger partial charge in [-0.15, -0.1) is 0 Å². The third-order valence-corrected chi connectivity index (χ3v) is 5.83. The standard InChI is InChI=1S/C28H33NO4/c1-5-6-23-25(10-8-22-20(16-28(2,3)4)17-33-27(22)23)32-12-11-21-15-19-13-18(14-26(30)31)7-9-24(19)29-21/h7-10,13,15,17,29H,5-6,11-12,14,16H2,1-4H3,(H,30,31). The predicted octanol–water partition coefficient (Wildman–Crippen LogP) is 6.70. The van der Waals surface area contributed by atoms with Crippen molar-refractivity contribution in [2.45, 2.75) is 59.8 Å². The zero-order valence-corrected chi connectivity index (χ0v) is 20.0. The van der Waals surface area contributed by atoms with Crippen molar-refractivity contribution in [3.8, 4) is 5.75 Å². The molecule has 0 radical (unpaired) electrons. The van der Waals surface area contributed by atoms with Gasteiger partial charge in [0, 0.05) is 28.6 Å². The van der Waals surface area contributed by atoms with E-state index in [1.807, 2.05) is 24.5 Å². The monoisotopic (exact) mass is 447 g/mol. The van der Waals surface area contributed by atoms with Crippen LogP contribution in [0.1, 0.15) is 56.5 Å². The molecule has 4 aromatic rings. The lowest BCUT2D eigenvalue weighted by atomic mass is 9.88. The molecular weight excluding hydrogens is 414 g/mol. The lowest BCUT2D eigenvalue weighted by molar-refractivity contribution is -0.136. The SMILES string of the molecule is CCCc1c(OCCc2cc3cc(CC(=O)O)ccc3[nH]2)ccc2c(CC(C)(C)C)coc12. The van der Waals surface area contributed by atoms with Gasteiger partial charge < -0.3 is 19.2 Å². The number of hydrogen-bond donors (Lipinski definition) is 2. The van der Waals surface area contributed by atoms with E-state index in [-0.39, 0.29) is 11.8 Å². The normalized spacial score (nSPS) is 12.0. The van der Waals surface area contributed by atoms with Crippen LogP contribution in [0.2, 0.25) is 0 Å². The van der Waals surface area contributed by atoms with E-state index in [9.17, 15) is 4.79 Å². The summed E-state index contributed by atoms with van der Waals surface area (Å²) in [6.45, 7) is 9.45. The van der Waals surface area contributed by atoms with Crippen molar-refractivity contribution < 1.29 is 19.1 Å². The number of H-pyrrole nitrogens is 1. The minimum absolute atomic E-state index is 0.0342. The molecule has 5 nitrogen and oxygen atoms in total. The van der Waals surface area contributed by atoms with Crippen molar-refractivity contribution in [3.63, 3.8) is 0 Å². The number of rotatable bonds is 9. The number of furan rings is 1. The molecule has 0 saturated carbocycles. The summed E-state index contributed by atoms with van der Waals surface area (Å²) in [5.41, 5.74) is 6.43. The minimum Gasteiger partial charge on any atom is -0.493 e.